The van der Waals surface area contributed by atoms with Crippen LogP contribution in [-0.4, -0.2) is 0 Å². The summed E-state index contributed by atoms with van der Waals surface area (Å²) in [5.74, 6) is 0. The zero-order chi connectivity index (χ0) is 34.1. The average Bonchev–Trinajstić information content (AvgIpc) is 3.68. The largest absolute Gasteiger partial charge is 0.455 e. The number of hydrogen-bond donors (Lipinski definition) is 0. The van der Waals surface area contributed by atoms with Crippen LogP contribution in [0.5, 0.6) is 0 Å². The number of rotatable bonds is 5. The summed E-state index contributed by atoms with van der Waals surface area (Å²) >= 11 is 0. The van der Waals surface area contributed by atoms with Gasteiger partial charge in [-0.05, 0) is 86.8 Å². The summed E-state index contributed by atoms with van der Waals surface area (Å²) in [7, 11) is 0. The molecule has 0 radical (unpaired) electrons. The molecular weight excluding hydrogens is 619 g/mol. The van der Waals surface area contributed by atoms with Gasteiger partial charge in [0.15, 0.2) is 0 Å². The van der Waals surface area contributed by atoms with E-state index in [4.69, 9.17) is 4.42 Å². The number of benzene rings is 8. The van der Waals surface area contributed by atoms with E-state index in [1.165, 1.54) is 38.8 Å². The Kier molecular flexibility index (Phi) is 6.56. The van der Waals surface area contributed by atoms with Crippen LogP contribution in [0.15, 0.2) is 180 Å². The lowest BCUT2D eigenvalue weighted by Gasteiger charge is -2.30. The van der Waals surface area contributed by atoms with Gasteiger partial charge < -0.3 is 9.32 Å². The van der Waals surface area contributed by atoms with Crippen LogP contribution in [0, 0.1) is 0 Å². The minimum Gasteiger partial charge on any atom is -0.455 e. The minimum absolute atomic E-state index is 0.139. The normalized spacial score (nSPS) is 13.1. The molecule has 2 heteroatoms. The van der Waals surface area contributed by atoms with E-state index in [1.54, 1.807) is 0 Å². The van der Waals surface area contributed by atoms with Crippen LogP contribution < -0.4 is 4.90 Å². The number of fused-ring (bicyclic) bond motifs is 8. The molecule has 0 spiro atoms. The van der Waals surface area contributed by atoms with Crippen LogP contribution in [0.1, 0.15) is 25.0 Å². The second-order valence-corrected chi connectivity index (χ2v) is 14.1. The first-order valence-corrected chi connectivity index (χ1v) is 17.7. The third kappa shape index (κ3) is 4.57. The van der Waals surface area contributed by atoms with Crippen molar-refractivity contribution in [2.75, 3.05) is 4.90 Å². The Morgan fingerprint density at radius 3 is 1.88 bits per heavy atom. The maximum absolute atomic E-state index is 6.82. The Hall–Kier alpha value is -6.38. The summed E-state index contributed by atoms with van der Waals surface area (Å²) in [6, 6.07) is 63.6. The highest BCUT2D eigenvalue weighted by Crippen LogP contribution is 2.53. The Balaban J connectivity index is 1.29. The summed E-state index contributed by atoms with van der Waals surface area (Å²) in [6.07, 6.45) is 0. The summed E-state index contributed by atoms with van der Waals surface area (Å²) in [5.41, 5.74) is 15.0. The summed E-state index contributed by atoms with van der Waals surface area (Å²) in [4.78, 5) is 2.46. The fraction of sp³-hybridized carbons (Fsp3) is 0.0612. The van der Waals surface area contributed by atoms with Crippen molar-refractivity contribution < 1.29 is 4.42 Å². The Labute approximate surface area is 297 Å². The lowest BCUT2D eigenvalue weighted by molar-refractivity contribution is 0.660. The van der Waals surface area contributed by atoms with E-state index in [1.807, 2.05) is 0 Å². The molecule has 0 aliphatic heterocycles. The monoisotopic (exact) mass is 653 g/mol. The van der Waals surface area contributed by atoms with Gasteiger partial charge in [0.1, 0.15) is 11.2 Å². The highest BCUT2D eigenvalue weighted by molar-refractivity contribution is 6.21. The van der Waals surface area contributed by atoms with E-state index < -0.39 is 0 Å². The molecule has 1 aliphatic carbocycles. The molecular formula is C49H35NO. The fourth-order valence-electron chi connectivity index (χ4n) is 8.33. The molecule has 0 fully saturated rings. The highest BCUT2D eigenvalue weighted by Gasteiger charge is 2.36. The van der Waals surface area contributed by atoms with E-state index in [2.05, 4.69) is 195 Å². The van der Waals surface area contributed by atoms with Gasteiger partial charge in [-0.1, -0.05) is 147 Å². The van der Waals surface area contributed by atoms with Crippen molar-refractivity contribution in [3.63, 3.8) is 0 Å². The lowest BCUT2D eigenvalue weighted by Crippen LogP contribution is -2.17. The van der Waals surface area contributed by atoms with Gasteiger partial charge in [0.05, 0.1) is 11.1 Å². The zero-order valence-corrected chi connectivity index (χ0v) is 28.6. The molecule has 0 unspecified atom stereocenters. The molecule has 0 amide bonds. The molecule has 0 saturated heterocycles. The van der Waals surface area contributed by atoms with E-state index in [0.29, 0.717) is 0 Å². The maximum atomic E-state index is 6.82. The molecule has 9 aromatic rings. The van der Waals surface area contributed by atoms with Gasteiger partial charge in [0.2, 0.25) is 0 Å². The zero-order valence-electron chi connectivity index (χ0n) is 28.6. The summed E-state index contributed by atoms with van der Waals surface area (Å²) < 4.78 is 6.82. The standard InChI is InChI=1S/C49H35NO/c1-49(2)43-20-12-11-19-40(43)41-28-26-37(31-44(41)49)50(36-24-21-33(22-25-36)32-13-5-3-6-14-32)47-38(34-15-7-4-8-16-34)29-30-45-46(47)42-27-23-35-17-9-10-18-39(35)48(42)51-45/h3-31H,1-2H3. The predicted octanol–water partition coefficient (Wildman–Crippen LogP) is 13.8. The number of furan rings is 1. The quantitative estimate of drug-likeness (QED) is 0.184. The maximum Gasteiger partial charge on any atom is 0.143 e. The first kappa shape index (κ1) is 29.5. The molecule has 51 heavy (non-hydrogen) atoms. The van der Waals surface area contributed by atoms with Gasteiger partial charge >= 0.3 is 0 Å². The van der Waals surface area contributed by atoms with E-state index in [-0.39, 0.29) is 5.41 Å². The van der Waals surface area contributed by atoms with Crippen molar-refractivity contribution in [3.8, 4) is 33.4 Å². The first-order valence-electron chi connectivity index (χ1n) is 17.7. The van der Waals surface area contributed by atoms with Crippen molar-refractivity contribution in [3.05, 3.63) is 187 Å². The number of anilines is 3. The fourth-order valence-corrected chi connectivity index (χ4v) is 8.33. The van der Waals surface area contributed by atoms with Crippen molar-refractivity contribution in [2.24, 2.45) is 0 Å². The topological polar surface area (TPSA) is 16.4 Å². The van der Waals surface area contributed by atoms with Crippen LogP contribution in [0.3, 0.4) is 0 Å². The Morgan fingerprint density at radius 2 is 1.08 bits per heavy atom. The molecule has 8 aromatic carbocycles. The van der Waals surface area contributed by atoms with Gasteiger partial charge in [-0.2, -0.15) is 0 Å². The van der Waals surface area contributed by atoms with Crippen molar-refractivity contribution in [1.29, 1.82) is 0 Å². The molecule has 0 bridgehead atoms. The SMILES string of the molecule is CC1(C)c2ccccc2-c2ccc(N(c3ccc(-c4ccccc4)cc3)c3c(-c4ccccc4)ccc4oc5c6ccccc6ccc5c34)cc21. The van der Waals surface area contributed by atoms with Crippen LogP contribution in [-0.2, 0) is 5.41 Å². The second kappa shape index (κ2) is 11.3. The summed E-state index contributed by atoms with van der Waals surface area (Å²) in [5, 5.41) is 4.50. The van der Waals surface area contributed by atoms with E-state index in [9.17, 15) is 0 Å². The molecule has 1 aliphatic rings. The number of hydrogen-bond acceptors (Lipinski definition) is 2. The number of nitrogens with zero attached hydrogens (tertiary/aromatic N) is 1. The van der Waals surface area contributed by atoms with Crippen molar-refractivity contribution in [1.82, 2.24) is 0 Å². The molecule has 242 valence electrons. The molecule has 0 atom stereocenters. The van der Waals surface area contributed by atoms with Gasteiger partial charge in [-0.3, -0.25) is 0 Å². The predicted molar refractivity (Wildman–Crippen MR) is 214 cm³/mol. The molecule has 10 rings (SSSR count). The van der Waals surface area contributed by atoms with Crippen molar-refractivity contribution in [2.45, 2.75) is 19.3 Å². The van der Waals surface area contributed by atoms with Crippen LogP contribution in [0.4, 0.5) is 17.1 Å². The highest BCUT2D eigenvalue weighted by atomic mass is 16.3. The molecule has 1 heterocycles. The van der Waals surface area contributed by atoms with Crippen molar-refractivity contribution >= 4 is 49.8 Å². The van der Waals surface area contributed by atoms with Crippen LogP contribution in [0.25, 0.3) is 66.1 Å². The van der Waals surface area contributed by atoms with Gasteiger partial charge in [-0.15, -0.1) is 0 Å². The van der Waals surface area contributed by atoms with Gasteiger partial charge in [-0.25, -0.2) is 0 Å². The Morgan fingerprint density at radius 1 is 0.451 bits per heavy atom. The minimum atomic E-state index is -0.139. The van der Waals surface area contributed by atoms with Crippen LogP contribution in [0.2, 0.25) is 0 Å². The molecule has 0 saturated carbocycles. The van der Waals surface area contributed by atoms with E-state index >= 15 is 0 Å². The lowest BCUT2D eigenvalue weighted by atomic mass is 9.82. The van der Waals surface area contributed by atoms with E-state index in [0.717, 1.165) is 55.5 Å². The van der Waals surface area contributed by atoms with Gasteiger partial charge in [0.25, 0.3) is 0 Å². The molecule has 0 N–H and O–H groups in total. The van der Waals surface area contributed by atoms with Gasteiger partial charge in [0, 0.05) is 33.1 Å². The van der Waals surface area contributed by atoms with Crippen LogP contribution >= 0.6 is 0 Å². The second-order valence-electron chi connectivity index (χ2n) is 14.1. The molecule has 2 nitrogen and oxygen atoms in total. The third-order valence-corrected chi connectivity index (χ3v) is 10.9. The first-order chi connectivity index (χ1) is 25.1. The Bertz CT molecular complexity index is 2760. The third-order valence-electron chi connectivity index (χ3n) is 10.9. The summed E-state index contributed by atoms with van der Waals surface area (Å²) in [6.45, 7) is 4.70. The smallest absolute Gasteiger partial charge is 0.143 e. The molecule has 1 aromatic heterocycles. The average molecular weight is 654 g/mol.